The van der Waals surface area contributed by atoms with Crippen molar-refractivity contribution in [3.8, 4) is 0 Å². The molecule has 0 aliphatic heterocycles. The molecule has 0 radical (unpaired) electrons. The summed E-state index contributed by atoms with van der Waals surface area (Å²) in [6.07, 6.45) is 3.53. The second kappa shape index (κ2) is 4.74. The molecule has 0 fully saturated rings. The van der Waals surface area contributed by atoms with Crippen LogP contribution in [0.25, 0.3) is 0 Å². The maximum atomic E-state index is 12.8. The summed E-state index contributed by atoms with van der Waals surface area (Å²) in [5.74, 6) is -0.00285. The van der Waals surface area contributed by atoms with Crippen molar-refractivity contribution in [1.82, 2.24) is 14.6 Å². The lowest BCUT2D eigenvalue weighted by molar-refractivity contribution is 0.0960. The molecule has 0 N–H and O–H groups in total. The van der Waals surface area contributed by atoms with Gasteiger partial charge in [0.05, 0.1) is 17.3 Å². The molecule has 0 saturated carbocycles. The van der Waals surface area contributed by atoms with Crippen molar-refractivity contribution in [2.24, 2.45) is 0 Å². The Balaban J connectivity index is 1.98. The van der Waals surface area contributed by atoms with E-state index in [1.54, 1.807) is 6.20 Å². The Labute approximate surface area is 122 Å². The number of hydrogen-bond donors (Lipinski definition) is 0. The smallest absolute Gasteiger partial charge is 0.185 e. The Hall–Kier alpha value is -1.62. The van der Waals surface area contributed by atoms with Gasteiger partial charge in [-0.05, 0) is 36.0 Å². The number of Topliss-reactive ketones (excluding diaryl/α,β-unsaturated/α-hetero) is 1. The van der Waals surface area contributed by atoms with Crippen LogP contribution in [0.4, 0.5) is 0 Å². The van der Waals surface area contributed by atoms with E-state index in [4.69, 9.17) is 0 Å². The van der Waals surface area contributed by atoms with Crippen molar-refractivity contribution >= 4 is 17.3 Å². The van der Waals surface area contributed by atoms with Crippen LogP contribution >= 0.6 is 11.5 Å². The van der Waals surface area contributed by atoms with Gasteiger partial charge in [-0.2, -0.15) is 0 Å². The summed E-state index contributed by atoms with van der Waals surface area (Å²) in [6, 6.07) is 3.99. The van der Waals surface area contributed by atoms with Crippen LogP contribution in [0.5, 0.6) is 0 Å². The van der Waals surface area contributed by atoms with Crippen LogP contribution in [0, 0.1) is 0 Å². The van der Waals surface area contributed by atoms with E-state index in [1.165, 1.54) is 17.1 Å². The summed E-state index contributed by atoms with van der Waals surface area (Å²) in [6.45, 7) is 6.17. The summed E-state index contributed by atoms with van der Waals surface area (Å²) < 4.78 is 3.99. The number of pyridine rings is 1. The number of ketones is 1. The molecule has 20 heavy (non-hydrogen) atoms. The highest BCUT2D eigenvalue weighted by atomic mass is 32.1. The minimum absolute atomic E-state index is 0.127. The number of hydrogen-bond acceptors (Lipinski definition) is 5. The van der Waals surface area contributed by atoms with Crippen LogP contribution < -0.4 is 0 Å². The van der Waals surface area contributed by atoms with E-state index in [0.717, 1.165) is 24.2 Å². The molecule has 1 aliphatic rings. The monoisotopic (exact) mass is 287 g/mol. The summed E-state index contributed by atoms with van der Waals surface area (Å²) in [5.41, 5.74) is 2.77. The van der Waals surface area contributed by atoms with Crippen LogP contribution in [0.3, 0.4) is 0 Å². The van der Waals surface area contributed by atoms with Crippen molar-refractivity contribution in [3.63, 3.8) is 0 Å². The molecule has 2 heterocycles. The number of aromatic nitrogens is 3. The molecular formula is C15H17N3OS. The Morgan fingerprint density at radius 2 is 2.20 bits per heavy atom. The predicted molar refractivity (Wildman–Crippen MR) is 78.2 cm³/mol. The first-order chi connectivity index (χ1) is 9.48. The van der Waals surface area contributed by atoms with Crippen LogP contribution in [-0.4, -0.2) is 20.4 Å². The first-order valence-electron chi connectivity index (χ1n) is 6.79. The van der Waals surface area contributed by atoms with E-state index in [9.17, 15) is 4.79 Å². The quantitative estimate of drug-likeness (QED) is 0.796. The van der Waals surface area contributed by atoms with Gasteiger partial charge in [-0.15, -0.1) is 5.10 Å². The normalized spacial score (nSPS) is 18.1. The maximum absolute atomic E-state index is 12.8. The lowest BCUT2D eigenvalue weighted by Crippen LogP contribution is -2.19. The molecule has 0 aromatic carbocycles. The van der Waals surface area contributed by atoms with Crippen molar-refractivity contribution in [2.75, 3.05) is 0 Å². The topological polar surface area (TPSA) is 55.7 Å². The zero-order valence-corrected chi connectivity index (χ0v) is 12.7. The van der Waals surface area contributed by atoms with Crippen molar-refractivity contribution in [3.05, 3.63) is 40.2 Å². The van der Waals surface area contributed by atoms with Gasteiger partial charge in [0.1, 0.15) is 4.88 Å². The van der Waals surface area contributed by atoms with Gasteiger partial charge in [0.25, 0.3) is 0 Å². The molecule has 4 nitrogen and oxygen atoms in total. The summed E-state index contributed by atoms with van der Waals surface area (Å²) in [4.78, 5) is 17.9. The highest BCUT2D eigenvalue weighted by Gasteiger charge is 2.35. The van der Waals surface area contributed by atoms with E-state index >= 15 is 0 Å². The minimum Gasteiger partial charge on any atom is -0.292 e. The van der Waals surface area contributed by atoms with Gasteiger partial charge < -0.3 is 0 Å². The van der Waals surface area contributed by atoms with Crippen LogP contribution in [-0.2, 0) is 11.8 Å². The SMILES string of the molecule is CC(C)(C)c1nnsc1C(=O)C1CCc2cccnc21. The molecule has 104 valence electrons. The Kier molecular flexibility index (Phi) is 3.17. The molecule has 5 heteroatoms. The molecule has 0 bridgehead atoms. The largest absolute Gasteiger partial charge is 0.292 e. The maximum Gasteiger partial charge on any atom is 0.185 e. The van der Waals surface area contributed by atoms with E-state index in [-0.39, 0.29) is 17.1 Å². The third kappa shape index (κ3) is 2.16. The standard InChI is InChI=1S/C15H17N3OS/c1-15(2,3)14-13(20-18-17-14)12(19)10-7-6-9-5-4-8-16-11(9)10/h4-5,8,10H,6-7H2,1-3H3. The molecule has 0 spiro atoms. The number of nitrogens with zero attached hydrogens (tertiary/aromatic N) is 3. The highest BCUT2D eigenvalue weighted by Crippen LogP contribution is 2.36. The molecule has 3 rings (SSSR count). The zero-order valence-electron chi connectivity index (χ0n) is 11.9. The third-order valence-electron chi connectivity index (χ3n) is 3.70. The van der Waals surface area contributed by atoms with E-state index < -0.39 is 0 Å². The molecular weight excluding hydrogens is 270 g/mol. The number of fused-ring (bicyclic) bond motifs is 1. The molecule has 1 atom stereocenters. The van der Waals surface area contributed by atoms with Gasteiger partial charge in [0, 0.05) is 11.6 Å². The minimum atomic E-state index is -0.163. The Morgan fingerprint density at radius 1 is 1.40 bits per heavy atom. The molecule has 2 aromatic rings. The van der Waals surface area contributed by atoms with E-state index in [0.29, 0.717) is 4.88 Å². The number of aryl methyl sites for hydroxylation is 1. The molecule has 2 aromatic heterocycles. The predicted octanol–water partition coefficient (Wildman–Crippen LogP) is 3.14. The van der Waals surface area contributed by atoms with E-state index in [1.807, 2.05) is 6.07 Å². The van der Waals surface area contributed by atoms with Gasteiger partial charge in [-0.1, -0.05) is 31.3 Å². The number of carbonyl (C=O) groups is 1. The van der Waals surface area contributed by atoms with Gasteiger partial charge in [0.15, 0.2) is 5.78 Å². The molecule has 0 saturated heterocycles. The highest BCUT2D eigenvalue weighted by molar-refractivity contribution is 7.08. The fourth-order valence-electron chi connectivity index (χ4n) is 2.67. The van der Waals surface area contributed by atoms with Crippen molar-refractivity contribution < 1.29 is 4.79 Å². The second-order valence-electron chi connectivity index (χ2n) is 6.20. The second-order valence-corrected chi connectivity index (χ2v) is 6.96. The van der Waals surface area contributed by atoms with Crippen LogP contribution in [0.15, 0.2) is 18.3 Å². The molecule has 0 amide bonds. The summed E-state index contributed by atoms with van der Waals surface area (Å²) in [7, 11) is 0. The average molecular weight is 287 g/mol. The van der Waals surface area contributed by atoms with Crippen LogP contribution in [0.1, 0.15) is 59.7 Å². The third-order valence-corrected chi connectivity index (χ3v) is 4.44. The number of carbonyl (C=O) groups excluding carboxylic acids is 1. The fourth-order valence-corrected chi connectivity index (χ4v) is 3.54. The summed E-state index contributed by atoms with van der Waals surface area (Å²) >= 11 is 1.21. The van der Waals surface area contributed by atoms with E-state index in [2.05, 4.69) is 41.4 Å². The van der Waals surface area contributed by atoms with Crippen molar-refractivity contribution in [2.45, 2.75) is 44.9 Å². The lowest BCUT2D eigenvalue weighted by atomic mass is 9.88. The van der Waals surface area contributed by atoms with Gasteiger partial charge in [0.2, 0.25) is 0 Å². The first-order valence-corrected chi connectivity index (χ1v) is 7.56. The Bertz CT molecular complexity index is 657. The van der Waals surface area contributed by atoms with Gasteiger partial charge >= 0.3 is 0 Å². The number of rotatable bonds is 2. The average Bonchev–Trinajstić information content (AvgIpc) is 3.04. The first kappa shape index (κ1) is 13.4. The Morgan fingerprint density at radius 3 is 2.95 bits per heavy atom. The summed E-state index contributed by atoms with van der Waals surface area (Å²) in [5, 5.41) is 4.16. The van der Waals surface area contributed by atoms with Gasteiger partial charge in [-0.25, -0.2) is 0 Å². The zero-order chi connectivity index (χ0) is 14.3. The van der Waals surface area contributed by atoms with Gasteiger partial charge in [-0.3, -0.25) is 9.78 Å². The molecule has 1 aliphatic carbocycles. The fraction of sp³-hybridized carbons (Fsp3) is 0.467. The van der Waals surface area contributed by atoms with Crippen molar-refractivity contribution in [1.29, 1.82) is 0 Å². The lowest BCUT2D eigenvalue weighted by Gasteiger charge is -2.17. The van der Waals surface area contributed by atoms with Crippen LogP contribution in [0.2, 0.25) is 0 Å². The molecule has 1 unspecified atom stereocenters.